The molecule has 156 valence electrons. The Morgan fingerprint density at radius 1 is 1.03 bits per heavy atom. The molecule has 0 saturated carbocycles. The first-order chi connectivity index (χ1) is 14.0. The van der Waals surface area contributed by atoms with Crippen LogP contribution in [0.4, 0.5) is 0 Å². The van der Waals surface area contributed by atoms with E-state index >= 15 is 0 Å². The second kappa shape index (κ2) is 9.89. The zero-order valence-corrected chi connectivity index (χ0v) is 18.0. The van der Waals surface area contributed by atoms with Gasteiger partial charge in [0, 0.05) is 26.7 Å². The highest BCUT2D eigenvalue weighted by Crippen LogP contribution is 2.21. The van der Waals surface area contributed by atoms with Crippen LogP contribution >= 0.6 is 0 Å². The highest BCUT2D eigenvalue weighted by Gasteiger charge is 2.21. The smallest absolute Gasteiger partial charge is 0.240 e. The number of likely N-dealkylation sites (tertiary alicyclic amines) is 1. The van der Waals surface area contributed by atoms with Crippen molar-refractivity contribution in [2.24, 2.45) is 10.9 Å². The molecule has 0 unspecified atom stereocenters. The fourth-order valence-electron chi connectivity index (χ4n) is 3.71. The molecule has 7 heteroatoms. The van der Waals surface area contributed by atoms with E-state index in [2.05, 4.69) is 50.3 Å². The van der Waals surface area contributed by atoms with E-state index in [0.29, 0.717) is 12.5 Å². The van der Waals surface area contributed by atoms with Gasteiger partial charge in [-0.25, -0.2) is 13.1 Å². The molecule has 1 saturated heterocycles. The molecular weight excluding hydrogens is 384 g/mol. The van der Waals surface area contributed by atoms with Crippen molar-refractivity contribution in [3.63, 3.8) is 0 Å². The lowest BCUT2D eigenvalue weighted by Crippen LogP contribution is -2.45. The van der Waals surface area contributed by atoms with Gasteiger partial charge in [-0.1, -0.05) is 42.5 Å². The van der Waals surface area contributed by atoms with Crippen LogP contribution in [-0.4, -0.2) is 46.5 Å². The van der Waals surface area contributed by atoms with E-state index in [0.717, 1.165) is 43.9 Å². The topological polar surface area (TPSA) is 73.8 Å². The van der Waals surface area contributed by atoms with Crippen molar-refractivity contribution in [2.45, 2.75) is 30.7 Å². The molecule has 2 aromatic carbocycles. The molecule has 0 amide bonds. The Hall–Kier alpha value is -2.38. The summed E-state index contributed by atoms with van der Waals surface area (Å²) >= 11 is 0. The largest absolute Gasteiger partial charge is 0.352 e. The first kappa shape index (κ1) is 21.3. The average molecular weight is 415 g/mol. The highest BCUT2D eigenvalue weighted by molar-refractivity contribution is 7.89. The third-order valence-electron chi connectivity index (χ3n) is 5.45. The molecule has 1 fully saturated rings. The lowest BCUT2D eigenvalue weighted by atomic mass is 9.90. The fourth-order valence-corrected chi connectivity index (χ4v) is 4.44. The van der Waals surface area contributed by atoms with E-state index in [4.69, 9.17) is 0 Å². The van der Waals surface area contributed by atoms with Crippen LogP contribution in [0.1, 0.15) is 24.0 Å². The number of aliphatic imine (C=N–C) groups is 1. The van der Waals surface area contributed by atoms with E-state index in [1.165, 1.54) is 12.6 Å². The van der Waals surface area contributed by atoms with Crippen molar-refractivity contribution in [1.29, 1.82) is 0 Å². The quantitative estimate of drug-likeness (QED) is 0.563. The van der Waals surface area contributed by atoms with Gasteiger partial charge < -0.3 is 10.2 Å². The minimum Gasteiger partial charge on any atom is -0.352 e. The molecule has 1 aliphatic heterocycles. The van der Waals surface area contributed by atoms with Crippen LogP contribution in [-0.2, 0) is 23.0 Å². The summed E-state index contributed by atoms with van der Waals surface area (Å²) in [5.41, 5.74) is 2.43. The van der Waals surface area contributed by atoms with Gasteiger partial charge in [0.05, 0.1) is 4.90 Å². The number of piperidine rings is 1. The van der Waals surface area contributed by atoms with Crippen LogP contribution in [0.5, 0.6) is 0 Å². The Kier molecular flexibility index (Phi) is 7.28. The summed E-state index contributed by atoms with van der Waals surface area (Å²) in [4.78, 5) is 7.01. The Morgan fingerprint density at radius 3 is 2.28 bits per heavy atom. The summed E-state index contributed by atoms with van der Waals surface area (Å²) in [6.45, 7) is 2.60. The molecule has 3 rings (SSSR count). The van der Waals surface area contributed by atoms with Gasteiger partial charge in [-0.05, 0) is 55.5 Å². The maximum atomic E-state index is 11.8. The Bertz CT molecular complexity index is 904. The number of hydrogen-bond acceptors (Lipinski definition) is 3. The van der Waals surface area contributed by atoms with Crippen LogP contribution in [0.2, 0.25) is 0 Å². The first-order valence-electron chi connectivity index (χ1n) is 10.0. The van der Waals surface area contributed by atoms with Gasteiger partial charge in [0.1, 0.15) is 0 Å². The third-order valence-corrected chi connectivity index (χ3v) is 6.88. The van der Waals surface area contributed by atoms with E-state index in [-0.39, 0.29) is 4.90 Å². The molecule has 1 heterocycles. The molecule has 2 N–H and O–H groups in total. The van der Waals surface area contributed by atoms with Crippen molar-refractivity contribution >= 4 is 16.0 Å². The number of rotatable bonds is 6. The normalized spacial score (nSPS) is 16.1. The van der Waals surface area contributed by atoms with Crippen molar-refractivity contribution in [3.05, 3.63) is 65.7 Å². The van der Waals surface area contributed by atoms with Gasteiger partial charge in [-0.3, -0.25) is 4.99 Å². The van der Waals surface area contributed by atoms with Crippen LogP contribution < -0.4 is 10.0 Å². The summed E-state index contributed by atoms with van der Waals surface area (Å²) in [6.07, 6.45) is 3.46. The predicted molar refractivity (Wildman–Crippen MR) is 117 cm³/mol. The Labute approximate surface area is 174 Å². The lowest BCUT2D eigenvalue weighted by molar-refractivity contribution is 0.259. The number of nitrogens with one attached hydrogen (secondary N) is 2. The number of hydrogen-bond donors (Lipinski definition) is 2. The molecule has 6 nitrogen and oxygen atoms in total. The monoisotopic (exact) mass is 414 g/mol. The van der Waals surface area contributed by atoms with Gasteiger partial charge >= 0.3 is 0 Å². The van der Waals surface area contributed by atoms with Gasteiger partial charge in [-0.15, -0.1) is 0 Å². The second-order valence-electron chi connectivity index (χ2n) is 7.37. The van der Waals surface area contributed by atoms with Crippen LogP contribution in [0.15, 0.2) is 64.5 Å². The minimum absolute atomic E-state index is 0.272. The fraction of sp³-hybridized carbons (Fsp3) is 0.409. The summed E-state index contributed by atoms with van der Waals surface area (Å²) in [5, 5.41) is 3.40. The van der Waals surface area contributed by atoms with E-state index < -0.39 is 10.0 Å². The van der Waals surface area contributed by atoms with E-state index in [1.807, 2.05) is 12.1 Å². The van der Waals surface area contributed by atoms with Gasteiger partial charge in [0.25, 0.3) is 0 Å². The molecule has 0 bridgehead atoms. The SMILES string of the molecule is CN=C(NCc1ccc(S(=O)(=O)NC)cc1)N1CCC(Cc2ccccc2)CC1. The molecule has 0 atom stereocenters. The van der Waals surface area contributed by atoms with Gasteiger partial charge in [0.15, 0.2) is 5.96 Å². The maximum absolute atomic E-state index is 11.8. The van der Waals surface area contributed by atoms with E-state index in [9.17, 15) is 8.42 Å². The van der Waals surface area contributed by atoms with Crippen LogP contribution in [0.3, 0.4) is 0 Å². The van der Waals surface area contributed by atoms with Crippen LogP contribution in [0, 0.1) is 5.92 Å². The Balaban J connectivity index is 1.50. The summed E-state index contributed by atoms with van der Waals surface area (Å²) < 4.78 is 26.0. The molecule has 0 aliphatic carbocycles. The summed E-state index contributed by atoms with van der Waals surface area (Å²) in [5.74, 6) is 1.61. The molecule has 1 aliphatic rings. The molecule has 0 radical (unpaired) electrons. The lowest BCUT2D eigenvalue weighted by Gasteiger charge is -2.34. The van der Waals surface area contributed by atoms with Crippen molar-refractivity contribution < 1.29 is 8.42 Å². The van der Waals surface area contributed by atoms with Gasteiger partial charge in [-0.2, -0.15) is 0 Å². The molecule has 29 heavy (non-hydrogen) atoms. The zero-order valence-electron chi connectivity index (χ0n) is 17.1. The van der Waals surface area contributed by atoms with Crippen LogP contribution in [0.25, 0.3) is 0 Å². The zero-order chi connectivity index (χ0) is 20.7. The predicted octanol–water partition coefficient (Wildman–Crippen LogP) is 2.62. The van der Waals surface area contributed by atoms with Gasteiger partial charge in [0.2, 0.25) is 10.0 Å². The number of sulfonamides is 1. The third kappa shape index (κ3) is 5.81. The summed E-state index contributed by atoms with van der Waals surface area (Å²) in [6, 6.07) is 17.6. The first-order valence-corrected chi connectivity index (χ1v) is 11.5. The van der Waals surface area contributed by atoms with Crippen molar-refractivity contribution in [1.82, 2.24) is 14.9 Å². The standard InChI is InChI=1S/C22H30N4O2S/c1-23-22(25-17-20-8-10-21(11-9-20)29(27,28)24-2)26-14-12-19(13-15-26)16-18-6-4-3-5-7-18/h3-11,19,24H,12-17H2,1-2H3,(H,23,25). The summed E-state index contributed by atoms with van der Waals surface area (Å²) in [7, 11) is -0.177. The molecule has 0 spiro atoms. The molecule has 0 aromatic heterocycles. The highest BCUT2D eigenvalue weighted by atomic mass is 32.2. The number of nitrogens with zero attached hydrogens (tertiary/aromatic N) is 2. The Morgan fingerprint density at radius 2 is 1.69 bits per heavy atom. The van der Waals surface area contributed by atoms with E-state index in [1.54, 1.807) is 19.2 Å². The molecular formula is C22H30N4O2S. The molecule has 2 aromatic rings. The maximum Gasteiger partial charge on any atom is 0.240 e. The van der Waals surface area contributed by atoms with Crippen molar-refractivity contribution in [3.8, 4) is 0 Å². The number of benzene rings is 2. The van der Waals surface area contributed by atoms with Crippen molar-refractivity contribution in [2.75, 3.05) is 27.2 Å². The number of guanidine groups is 1. The minimum atomic E-state index is -3.40. The second-order valence-corrected chi connectivity index (χ2v) is 9.26. The average Bonchev–Trinajstić information content (AvgIpc) is 2.76.